The van der Waals surface area contributed by atoms with Crippen molar-refractivity contribution in [2.45, 2.75) is 31.5 Å². The number of aliphatic carboxylic acids is 1. The van der Waals surface area contributed by atoms with Crippen LogP contribution in [0.15, 0.2) is 0 Å². The summed E-state index contributed by atoms with van der Waals surface area (Å²) in [6.07, 6.45) is -3.14. The van der Waals surface area contributed by atoms with Gasteiger partial charge in [0.2, 0.25) is 0 Å². The van der Waals surface area contributed by atoms with Crippen molar-refractivity contribution >= 4 is 5.97 Å². The first-order valence-corrected chi connectivity index (χ1v) is 6.03. The molecule has 2 atom stereocenters. The maximum absolute atomic E-state index is 12.6. The summed E-state index contributed by atoms with van der Waals surface area (Å²) in [6, 6.07) is -0.698. The van der Waals surface area contributed by atoms with Crippen molar-refractivity contribution in [2.75, 3.05) is 26.7 Å². The van der Waals surface area contributed by atoms with Crippen molar-refractivity contribution < 1.29 is 23.1 Å². The molecule has 0 amide bonds. The Kier molecular flexibility index (Phi) is 5.40. The highest BCUT2D eigenvalue weighted by molar-refractivity contribution is 5.73. The van der Waals surface area contributed by atoms with E-state index in [0.29, 0.717) is 25.9 Å². The van der Waals surface area contributed by atoms with Gasteiger partial charge in [-0.3, -0.25) is 4.79 Å². The lowest BCUT2D eigenvalue weighted by Gasteiger charge is -2.34. The lowest BCUT2D eigenvalue weighted by atomic mass is 9.97. The first kappa shape index (κ1) is 15.2. The van der Waals surface area contributed by atoms with E-state index in [0.717, 1.165) is 0 Å². The fourth-order valence-corrected chi connectivity index (χ4v) is 2.23. The molecule has 0 aliphatic carbocycles. The van der Waals surface area contributed by atoms with E-state index in [1.807, 2.05) is 0 Å². The molecule has 2 N–H and O–H groups in total. The van der Waals surface area contributed by atoms with Gasteiger partial charge in [-0.05, 0) is 32.9 Å². The Morgan fingerprint density at radius 1 is 1.56 bits per heavy atom. The summed E-state index contributed by atoms with van der Waals surface area (Å²) in [5.74, 6) is -2.24. The van der Waals surface area contributed by atoms with E-state index in [2.05, 4.69) is 5.32 Å². The van der Waals surface area contributed by atoms with E-state index in [1.54, 1.807) is 4.90 Å². The number of alkyl halides is 3. The molecule has 1 rings (SSSR count). The van der Waals surface area contributed by atoms with Crippen LogP contribution in [-0.4, -0.2) is 54.9 Å². The van der Waals surface area contributed by atoms with Crippen LogP contribution < -0.4 is 5.32 Å². The number of rotatable bonds is 5. The van der Waals surface area contributed by atoms with Gasteiger partial charge in [0.1, 0.15) is 6.04 Å². The summed E-state index contributed by atoms with van der Waals surface area (Å²) < 4.78 is 37.7. The Hall–Kier alpha value is -0.820. The molecular formula is C11H19F3N2O2. The van der Waals surface area contributed by atoms with Gasteiger partial charge in [-0.1, -0.05) is 0 Å². The van der Waals surface area contributed by atoms with Gasteiger partial charge in [0.05, 0.1) is 5.92 Å². The van der Waals surface area contributed by atoms with E-state index in [1.165, 1.54) is 7.05 Å². The zero-order valence-electron chi connectivity index (χ0n) is 10.3. The molecule has 0 spiro atoms. The number of carbonyl (C=O) groups is 1. The molecule has 0 saturated carbocycles. The number of carboxylic acid groups (broad SMARTS) is 1. The third kappa shape index (κ3) is 4.45. The highest BCUT2D eigenvalue weighted by Crippen LogP contribution is 2.33. The predicted octanol–water partition coefficient (Wildman–Crippen LogP) is 1.32. The summed E-state index contributed by atoms with van der Waals surface area (Å²) in [5.41, 5.74) is 0. The van der Waals surface area contributed by atoms with Crippen molar-refractivity contribution in [1.82, 2.24) is 10.2 Å². The SMILES string of the molecule is CNC(CCN1CCCC(C(F)(F)F)C1)C(=O)O. The van der Waals surface area contributed by atoms with Crippen molar-refractivity contribution in [3.63, 3.8) is 0 Å². The van der Waals surface area contributed by atoms with Gasteiger partial charge in [0.25, 0.3) is 0 Å². The first-order chi connectivity index (χ1) is 8.34. The highest BCUT2D eigenvalue weighted by atomic mass is 19.4. The number of nitrogens with one attached hydrogen (secondary N) is 1. The molecule has 0 radical (unpaired) electrons. The van der Waals surface area contributed by atoms with Gasteiger partial charge < -0.3 is 15.3 Å². The van der Waals surface area contributed by atoms with Crippen LogP contribution in [0.2, 0.25) is 0 Å². The van der Waals surface area contributed by atoms with Gasteiger partial charge in [-0.15, -0.1) is 0 Å². The molecule has 1 fully saturated rings. The molecule has 4 nitrogen and oxygen atoms in total. The van der Waals surface area contributed by atoms with Gasteiger partial charge in [-0.25, -0.2) is 0 Å². The second kappa shape index (κ2) is 6.38. The van der Waals surface area contributed by atoms with E-state index in [9.17, 15) is 18.0 Å². The maximum atomic E-state index is 12.6. The Bertz CT molecular complexity index is 284. The molecule has 0 aromatic rings. The van der Waals surface area contributed by atoms with Crippen molar-refractivity contribution in [3.8, 4) is 0 Å². The smallest absolute Gasteiger partial charge is 0.393 e. The maximum Gasteiger partial charge on any atom is 0.393 e. The quantitative estimate of drug-likeness (QED) is 0.789. The van der Waals surface area contributed by atoms with Crippen LogP contribution in [0.4, 0.5) is 13.2 Å². The highest BCUT2D eigenvalue weighted by Gasteiger charge is 2.41. The summed E-state index contributed by atoms with van der Waals surface area (Å²) in [6.45, 7) is 0.979. The fraction of sp³-hybridized carbons (Fsp3) is 0.909. The second-order valence-corrected chi connectivity index (χ2v) is 4.65. The summed E-state index contributed by atoms with van der Waals surface area (Å²) in [4.78, 5) is 12.5. The van der Waals surface area contributed by atoms with E-state index < -0.39 is 24.1 Å². The third-order valence-corrected chi connectivity index (χ3v) is 3.35. The molecule has 0 aromatic heterocycles. The van der Waals surface area contributed by atoms with Crippen LogP contribution >= 0.6 is 0 Å². The summed E-state index contributed by atoms with van der Waals surface area (Å²) >= 11 is 0. The van der Waals surface area contributed by atoms with Gasteiger partial charge in [0, 0.05) is 13.1 Å². The predicted molar refractivity (Wildman–Crippen MR) is 60.3 cm³/mol. The number of likely N-dealkylation sites (N-methyl/N-ethyl adjacent to an activating group) is 1. The van der Waals surface area contributed by atoms with Crippen LogP contribution in [0.3, 0.4) is 0 Å². The number of hydrogen-bond acceptors (Lipinski definition) is 3. The molecule has 2 unspecified atom stereocenters. The number of carboxylic acids is 1. The molecule has 1 saturated heterocycles. The van der Waals surface area contributed by atoms with E-state index in [4.69, 9.17) is 5.11 Å². The largest absolute Gasteiger partial charge is 0.480 e. The third-order valence-electron chi connectivity index (χ3n) is 3.35. The Labute approximate surface area is 104 Å². The number of nitrogens with zero attached hydrogens (tertiary/aromatic N) is 1. The number of piperidine rings is 1. The minimum atomic E-state index is -4.14. The monoisotopic (exact) mass is 268 g/mol. The Morgan fingerprint density at radius 2 is 2.22 bits per heavy atom. The van der Waals surface area contributed by atoms with E-state index >= 15 is 0 Å². The van der Waals surface area contributed by atoms with Gasteiger partial charge >= 0.3 is 12.1 Å². The van der Waals surface area contributed by atoms with Crippen LogP contribution in [-0.2, 0) is 4.79 Å². The van der Waals surface area contributed by atoms with Gasteiger partial charge in [0.15, 0.2) is 0 Å². The molecule has 0 aromatic carbocycles. The van der Waals surface area contributed by atoms with Crippen molar-refractivity contribution in [1.29, 1.82) is 0 Å². The molecular weight excluding hydrogens is 249 g/mol. The topological polar surface area (TPSA) is 52.6 Å². The van der Waals surface area contributed by atoms with Crippen LogP contribution in [0.25, 0.3) is 0 Å². The molecule has 7 heteroatoms. The first-order valence-electron chi connectivity index (χ1n) is 6.03. The van der Waals surface area contributed by atoms with Crippen molar-refractivity contribution in [3.05, 3.63) is 0 Å². The average molecular weight is 268 g/mol. The Morgan fingerprint density at radius 3 is 2.72 bits per heavy atom. The fourth-order valence-electron chi connectivity index (χ4n) is 2.23. The molecule has 18 heavy (non-hydrogen) atoms. The standard InChI is InChI=1S/C11H19F3N2O2/c1-15-9(10(17)18)4-6-16-5-2-3-8(7-16)11(12,13)14/h8-9,15H,2-7H2,1H3,(H,17,18). The van der Waals surface area contributed by atoms with Gasteiger partial charge in [-0.2, -0.15) is 13.2 Å². The lowest BCUT2D eigenvalue weighted by molar-refractivity contribution is -0.186. The molecule has 0 bridgehead atoms. The van der Waals surface area contributed by atoms with Crippen LogP contribution in [0.5, 0.6) is 0 Å². The lowest BCUT2D eigenvalue weighted by Crippen LogP contribution is -2.44. The Balaban J connectivity index is 2.41. The normalized spacial score (nSPS) is 23.9. The molecule has 1 aliphatic rings. The molecule has 106 valence electrons. The van der Waals surface area contributed by atoms with Crippen LogP contribution in [0.1, 0.15) is 19.3 Å². The van der Waals surface area contributed by atoms with Crippen molar-refractivity contribution in [2.24, 2.45) is 5.92 Å². The number of halogens is 3. The number of hydrogen-bond donors (Lipinski definition) is 2. The average Bonchev–Trinajstić information content (AvgIpc) is 2.28. The minimum Gasteiger partial charge on any atom is -0.480 e. The van der Waals surface area contributed by atoms with Crippen LogP contribution in [0, 0.1) is 5.92 Å². The zero-order valence-corrected chi connectivity index (χ0v) is 10.3. The zero-order chi connectivity index (χ0) is 13.8. The summed E-state index contributed by atoms with van der Waals surface area (Å²) in [5, 5.41) is 11.5. The minimum absolute atomic E-state index is 0.0143. The second-order valence-electron chi connectivity index (χ2n) is 4.65. The molecule has 1 aliphatic heterocycles. The molecule has 1 heterocycles. The summed E-state index contributed by atoms with van der Waals surface area (Å²) in [7, 11) is 1.54. The number of likely N-dealkylation sites (tertiary alicyclic amines) is 1. The van der Waals surface area contributed by atoms with E-state index in [-0.39, 0.29) is 13.0 Å².